The molecule has 0 saturated carbocycles. The van der Waals surface area contributed by atoms with E-state index in [0.29, 0.717) is 30.9 Å². The van der Waals surface area contributed by atoms with Gasteiger partial charge < -0.3 is 9.47 Å². The Labute approximate surface area is 136 Å². The molecule has 0 spiro atoms. The van der Waals surface area contributed by atoms with Crippen molar-refractivity contribution in [3.63, 3.8) is 0 Å². The molecule has 118 valence electrons. The van der Waals surface area contributed by atoms with Crippen LogP contribution in [0.3, 0.4) is 0 Å². The Hall–Kier alpha value is -2.51. The highest BCUT2D eigenvalue weighted by Gasteiger charge is 2.16. The lowest BCUT2D eigenvalue weighted by Crippen LogP contribution is -2.06. The van der Waals surface area contributed by atoms with E-state index in [1.165, 1.54) is 12.1 Å². The first-order valence-corrected chi connectivity index (χ1v) is 7.23. The number of nitro groups is 1. The molecule has 7 nitrogen and oxygen atoms in total. The third-order valence-electron chi connectivity index (χ3n) is 3.28. The molecule has 2 heterocycles. The first-order chi connectivity index (χ1) is 11.1. The van der Waals surface area contributed by atoms with Gasteiger partial charge in [-0.05, 0) is 29.7 Å². The molecule has 0 unspecified atom stereocenters. The van der Waals surface area contributed by atoms with Gasteiger partial charge in [-0.25, -0.2) is 4.98 Å². The Kier molecular flexibility index (Phi) is 4.50. The summed E-state index contributed by atoms with van der Waals surface area (Å²) in [7, 11) is 0. The molecule has 8 heteroatoms. The maximum absolute atomic E-state index is 10.9. The van der Waals surface area contributed by atoms with Crippen molar-refractivity contribution in [2.45, 2.75) is 6.42 Å². The Balaban J connectivity index is 1.96. The number of hydrogen-bond donors (Lipinski definition) is 0. The van der Waals surface area contributed by atoms with E-state index in [1.54, 1.807) is 18.3 Å². The molecule has 23 heavy (non-hydrogen) atoms. The fourth-order valence-corrected chi connectivity index (χ4v) is 2.31. The van der Waals surface area contributed by atoms with Crippen molar-refractivity contribution in [3.05, 3.63) is 57.5 Å². The zero-order chi connectivity index (χ0) is 16.2. The van der Waals surface area contributed by atoms with Crippen molar-refractivity contribution in [1.29, 1.82) is 0 Å². The summed E-state index contributed by atoms with van der Waals surface area (Å²) in [6.45, 7) is 1.11. The molecule has 1 aliphatic heterocycles. The van der Waals surface area contributed by atoms with Crippen molar-refractivity contribution in [1.82, 2.24) is 9.97 Å². The molecule has 3 rings (SSSR count). The largest absolute Gasteiger partial charge is 0.438 e. The molecule has 0 radical (unpaired) electrons. The molecule has 1 aromatic heterocycles. The number of nitrogens with zero attached hydrogens (tertiary/aromatic N) is 3. The van der Waals surface area contributed by atoms with Gasteiger partial charge in [0.2, 0.25) is 11.2 Å². The van der Waals surface area contributed by atoms with Crippen LogP contribution in [0.4, 0.5) is 5.69 Å². The van der Waals surface area contributed by atoms with Crippen LogP contribution in [0.15, 0.2) is 36.5 Å². The highest BCUT2D eigenvalue weighted by molar-refractivity contribution is 6.28. The summed E-state index contributed by atoms with van der Waals surface area (Å²) in [6, 6.07) is 5.88. The third-order valence-corrected chi connectivity index (χ3v) is 3.46. The summed E-state index contributed by atoms with van der Waals surface area (Å²) in [5.74, 6) is 0.571. The van der Waals surface area contributed by atoms with Gasteiger partial charge in [0.1, 0.15) is 5.75 Å². The summed E-state index contributed by atoms with van der Waals surface area (Å²) < 4.78 is 11.0. The van der Waals surface area contributed by atoms with Crippen molar-refractivity contribution in [2.24, 2.45) is 0 Å². The van der Waals surface area contributed by atoms with Gasteiger partial charge in [0.15, 0.2) is 0 Å². The van der Waals surface area contributed by atoms with E-state index in [4.69, 9.17) is 21.1 Å². The maximum atomic E-state index is 10.9. The van der Waals surface area contributed by atoms with Crippen LogP contribution in [0.1, 0.15) is 12.0 Å². The monoisotopic (exact) mass is 333 g/mol. The molecule has 0 amide bonds. The van der Waals surface area contributed by atoms with E-state index in [-0.39, 0.29) is 16.9 Å². The molecule has 0 bridgehead atoms. The van der Waals surface area contributed by atoms with Crippen LogP contribution < -0.4 is 4.74 Å². The van der Waals surface area contributed by atoms with E-state index >= 15 is 0 Å². The number of nitro benzene ring substituents is 1. The van der Waals surface area contributed by atoms with E-state index in [0.717, 1.165) is 5.57 Å². The minimum atomic E-state index is -0.484. The van der Waals surface area contributed by atoms with Gasteiger partial charge in [0.05, 0.1) is 29.8 Å². The van der Waals surface area contributed by atoms with Crippen molar-refractivity contribution in [3.8, 4) is 11.6 Å². The first kappa shape index (κ1) is 15.4. The second kappa shape index (κ2) is 6.72. The second-order valence-corrected chi connectivity index (χ2v) is 5.11. The predicted octanol–water partition coefficient (Wildman–Crippen LogP) is 3.63. The fourth-order valence-electron chi connectivity index (χ4n) is 2.19. The second-order valence-electron chi connectivity index (χ2n) is 4.77. The van der Waals surface area contributed by atoms with Gasteiger partial charge >= 0.3 is 0 Å². The first-order valence-electron chi connectivity index (χ1n) is 6.85. The molecule has 2 aromatic rings. The number of ether oxygens (including phenoxy) is 2. The predicted molar refractivity (Wildman–Crippen MR) is 83.6 cm³/mol. The molecule has 1 aliphatic rings. The summed E-state index contributed by atoms with van der Waals surface area (Å²) in [4.78, 5) is 18.5. The van der Waals surface area contributed by atoms with Crippen LogP contribution in [0.25, 0.3) is 5.57 Å². The molecular formula is C15H12ClN3O4. The van der Waals surface area contributed by atoms with Crippen molar-refractivity contribution >= 4 is 22.9 Å². The van der Waals surface area contributed by atoms with Gasteiger partial charge in [0, 0.05) is 12.3 Å². The SMILES string of the molecule is O=[N+]([O-])c1cccc(Oc2nc(Cl)ncc2C2=CCOCC2)c1. The van der Waals surface area contributed by atoms with Crippen molar-refractivity contribution in [2.75, 3.05) is 13.2 Å². The van der Waals surface area contributed by atoms with E-state index < -0.39 is 4.92 Å². The average molecular weight is 334 g/mol. The summed E-state index contributed by atoms with van der Waals surface area (Å²) in [5, 5.41) is 10.9. The minimum Gasteiger partial charge on any atom is -0.438 e. The zero-order valence-electron chi connectivity index (χ0n) is 11.9. The molecule has 0 aliphatic carbocycles. The maximum Gasteiger partial charge on any atom is 0.273 e. The van der Waals surface area contributed by atoms with E-state index in [9.17, 15) is 10.1 Å². The fraction of sp³-hybridized carbons (Fsp3) is 0.200. The summed E-state index contributed by atoms with van der Waals surface area (Å²) in [5.41, 5.74) is 1.63. The van der Waals surface area contributed by atoms with Crippen LogP contribution in [-0.2, 0) is 4.74 Å². The molecule has 0 atom stereocenters. The highest BCUT2D eigenvalue weighted by Crippen LogP contribution is 2.32. The van der Waals surface area contributed by atoms with Gasteiger partial charge in [0.25, 0.3) is 5.69 Å². The molecule has 0 saturated heterocycles. The lowest BCUT2D eigenvalue weighted by molar-refractivity contribution is -0.384. The highest BCUT2D eigenvalue weighted by atomic mass is 35.5. The Morgan fingerprint density at radius 1 is 1.39 bits per heavy atom. The van der Waals surface area contributed by atoms with Gasteiger partial charge in [-0.15, -0.1) is 0 Å². The number of aromatic nitrogens is 2. The standard InChI is InChI=1S/C15H12ClN3O4/c16-15-17-9-13(10-4-6-22-7-5-10)14(18-15)23-12-3-1-2-11(8-12)19(20)21/h1-4,8-9H,5-7H2. The summed E-state index contributed by atoms with van der Waals surface area (Å²) >= 11 is 5.85. The summed E-state index contributed by atoms with van der Waals surface area (Å²) in [6.07, 6.45) is 4.21. The van der Waals surface area contributed by atoms with E-state index in [1.807, 2.05) is 6.08 Å². The van der Waals surface area contributed by atoms with Gasteiger partial charge in [-0.1, -0.05) is 12.1 Å². The number of halogens is 1. The lowest BCUT2D eigenvalue weighted by atomic mass is 10.0. The normalized spacial score (nSPS) is 14.2. The molecule has 0 N–H and O–H groups in total. The number of hydrogen-bond acceptors (Lipinski definition) is 6. The zero-order valence-corrected chi connectivity index (χ0v) is 12.7. The van der Waals surface area contributed by atoms with Crippen LogP contribution >= 0.6 is 11.6 Å². The molecule has 1 aromatic carbocycles. The topological polar surface area (TPSA) is 87.4 Å². The molecule has 0 fully saturated rings. The van der Waals surface area contributed by atoms with E-state index in [2.05, 4.69) is 9.97 Å². The van der Waals surface area contributed by atoms with Crippen LogP contribution in [0.2, 0.25) is 5.28 Å². The van der Waals surface area contributed by atoms with Crippen LogP contribution in [-0.4, -0.2) is 28.1 Å². The average Bonchev–Trinajstić information content (AvgIpc) is 2.56. The number of non-ortho nitro benzene ring substituents is 1. The minimum absolute atomic E-state index is 0.0434. The van der Waals surface area contributed by atoms with Crippen LogP contribution in [0, 0.1) is 10.1 Å². The third kappa shape index (κ3) is 3.64. The quantitative estimate of drug-likeness (QED) is 0.482. The van der Waals surface area contributed by atoms with Crippen molar-refractivity contribution < 1.29 is 14.4 Å². The van der Waals surface area contributed by atoms with Crippen LogP contribution in [0.5, 0.6) is 11.6 Å². The smallest absolute Gasteiger partial charge is 0.273 e. The molecular weight excluding hydrogens is 322 g/mol. The number of rotatable bonds is 4. The number of benzene rings is 1. The Morgan fingerprint density at radius 3 is 3.00 bits per heavy atom. The Bertz CT molecular complexity index is 779. The lowest BCUT2D eigenvalue weighted by Gasteiger charge is -2.16. The van der Waals surface area contributed by atoms with Gasteiger partial charge in [-0.2, -0.15) is 4.98 Å². The Morgan fingerprint density at radius 2 is 2.26 bits per heavy atom. The van der Waals surface area contributed by atoms with Gasteiger partial charge in [-0.3, -0.25) is 10.1 Å².